The first-order valence-corrected chi connectivity index (χ1v) is 7.62. The molecule has 23 heavy (non-hydrogen) atoms. The third kappa shape index (κ3) is 4.95. The van der Waals surface area contributed by atoms with Crippen molar-refractivity contribution in [1.29, 1.82) is 0 Å². The normalized spacial score (nSPS) is 10.2. The molecule has 0 unspecified atom stereocenters. The quantitative estimate of drug-likeness (QED) is 0.823. The van der Waals surface area contributed by atoms with E-state index in [-0.39, 0.29) is 18.3 Å². The fourth-order valence-corrected chi connectivity index (χ4v) is 2.33. The van der Waals surface area contributed by atoms with Crippen molar-refractivity contribution in [1.82, 2.24) is 0 Å². The van der Waals surface area contributed by atoms with Crippen LogP contribution >= 0.6 is 0 Å². The molecule has 0 spiro atoms. The molecule has 0 bridgehead atoms. The lowest BCUT2D eigenvalue weighted by Gasteiger charge is -2.09. The van der Waals surface area contributed by atoms with Crippen LogP contribution in [0.5, 0.6) is 5.75 Å². The molecular formula is C19H21NO3. The minimum Gasteiger partial charge on any atom is -0.484 e. The number of ketones is 1. The van der Waals surface area contributed by atoms with Gasteiger partial charge in [-0.25, -0.2) is 0 Å². The summed E-state index contributed by atoms with van der Waals surface area (Å²) in [6.07, 6.45) is 0.471. The summed E-state index contributed by atoms with van der Waals surface area (Å²) < 4.78 is 5.45. The summed E-state index contributed by atoms with van der Waals surface area (Å²) in [5, 5.41) is 2.81. The van der Waals surface area contributed by atoms with Crippen LogP contribution in [0, 0.1) is 13.8 Å². The molecule has 120 valence electrons. The van der Waals surface area contributed by atoms with Crippen molar-refractivity contribution < 1.29 is 14.3 Å². The molecule has 0 saturated heterocycles. The van der Waals surface area contributed by atoms with Crippen LogP contribution in [0.2, 0.25) is 0 Å². The van der Waals surface area contributed by atoms with Gasteiger partial charge in [0.25, 0.3) is 5.91 Å². The summed E-state index contributed by atoms with van der Waals surface area (Å²) in [5.74, 6) is 0.432. The van der Waals surface area contributed by atoms with Crippen LogP contribution in [0.15, 0.2) is 42.5 Å². The zero-order valence-electron chi connectivity index (χ0n) is 13.7. The van der Waals surface area contributed by atoms with E-state index in [4.69, 9.17) is 4.74 Å². The molecule has 0 aliphatic heterocycles. The highest BCUT2D eigenvalue weighted by atomic mass is 16.5. The van der Waals surface area contributed by atoms with Crippen LogP contribution in [0.3, 0.4) is 0 Å². The Morgan fingerprint density at radius 3 is 2.17 bits per heavy atom. The maximum Gasteiger partial charge on any atom is 0.262 e. The van der Waals surface area contributed by atoms with Crippen molar-refractivity contribution in [3.05, 3.63) is 59.2 Å². The molecule has 2 aromatic rings. The second-order valence-corrected chi connectivity index (χ2v) is 5.51. The second kappa shape index (κ2) is 7.58. The van der Waals surface area contributed by atoms with Crippen LogP contribution in [0.4, 0.5) is 5.69 Å². The molecule has 0 atom stereocenters. The van der Waals surface area contributed by atoms with Crippen molar-refractivity contribution in [3.8, 4) is 5.75 Å². The largest absolute Gasteiger partial charge is 0.484 e. The van der Waals surface area contributed by atoms with Gasteiger partial charge in [-0.3, -0.25) is 9.59 Å². The average Bonchev–Trinajstić information content (AvgIpc) is 2.51. The lowest BCUT2D eigenvalue weighted by Crippen LogP contribution is -2.20. The Hall–Kier alpha value is -2.62. The number of carbonyl (C=O) groups is 2. The first-order chi connectivity index (χ1) is 11.0. The lowest BCUT2D eigenvalue weighted by molar-refractivity contribution is -0.118. The predicted molar refractivity (Wildman–Crippen MR) is 91.1 cm³/mol. The summed E-state index contributed by atoms with van der Waals surface area (Å²) in [7, 11) is 0. The van der Waals surface area contributed by atoms with E-state index >= 15 is 0 Å². The Morgan fingerprint density at radius 2 is 1.61 bits per heavy atom. The first kappa shape index (κ1) is 16.7. The number of nitrogens with one attached hydrogen (secondary N) is 1. The topological polar surface area (TPSA) is 55.4 Å². The number of hydrogen-bond acceptors (Lipinski definition) is 3. The standard InChI is InChI=1S/C19H21NO3/c1-4-18(21)15-5-7-17(8-6-15)23-12-19(22)20-16-10-13(2)9-14(3)11-16/h5-11H,4,12H2,1-3H3,(H,20,22). The molecular weight excluding hydrogens is 290 g/mol. The summed E-state index contributed by atoms with van der Waals surface area (Å²) in [4.78, 5) is 23.5. The number of hydrogen-bond donors (Lipinski definition) is 1. The SMILES string of the molecule is CCC(=O)c1ccc(OCC(=O)Nc2cc(C)cc(C)c2)cc1. The van der Waals surface area contributed by atoms with Gasteiger partial charge in [0.05, 0.1) is 0 Å². The number of carbonyl (C=O) groups excluding carboxylic acids is 2. The van der Waals surface area contributed by atoms with E-state index in [0.29, 0.717) is 17.7 Å². The summed E-state index contributed by atoms with van der Waals surface area (Å²) in [6.45, 7) is 5.72. The number of rotatable bonds is 6. The van der Waals surface area contributed by atoms with Gasteiger partial charge >= 0.3 is 0 Å². The molecule has 0 aliphatic rings. The number of aryl methyl sites for hydroxylation is 2. The molecule has 0 radical (unpaired) electrons. The number of anilines is 1. The fraction of sp³-hybridized carbons (Fsp3) is 0.263. The molecule has 2 rings (SSSR count). The van der Waals surface area contributed by atoms with Crippen LogP contribution in [0.1, 0.15) is 34.8 Å². The van der Waals surface area contributed by atoms with E-state index in [9.17, 15) is 9.59 Å². The zero-order chi connectivity index (χ0) is 16.8. The summed E-state index contributed by atoms with van der Waals surface area (Å²) in [5.41, 5.74) is 3.61. The van der Waals surface area contributed by atoms with E-state index in [2.05, 4.69) is 5.32 Å². The minimum absolute atomic E-state index is 0.0753. The van der Waals surface area contributed by atoms with Crippen molar-refractivity contribution in [2.24, 2.45) is 0 Å². The zero-order valence-corrected chi connectivity index (χ0v) is 13.7. The van der Waals surface area contributed by atoms with Crippen molar-refractivity contribution in [3.63, 3.8) is 0 Å². The van der Waals surface area contributed by atoms with Crippen molar-refractivity contribution in [2.75, 3.05) is 11.9 Å². The van der Waals surface area contributed by atoms with Gasteiger partial charge < -0.3 is 10.1 Å². The number of Topliss-reactive ketones (excluding diaryl/α,β-unsaturated/α-hetero) is 1. The lowest BCUT2D eigenvalue weighted by atomic mass is 10.1. The molecule has 2 aromatic carbocycles. The minimum atomic E-state index is -0.219. The van der Waals surface area contributed by atoms with E-state index in [1.165, 1.54) is 0 Å². The molecule has 0 aromatic heterocycles. The Bertz CT molecular complexity index is 685. The Balaban J connectivity index is 1.90. The van der Waals surface area contributed by atoms with Crippen LogP contribution in [-0.4, -0.2) is 18.3 Å². The average molecular weight is 311 g/mol. The third-order valence-corrected chi connectivity index (χ3v) is 3.37. The molecule has 0 aliphatic carbocycles. The Morgan fingerprint density at radius 1 is 1.00 bits per heavy atom. The fourth-order valence-electron chi connectivity index (χ4n) is 2.33. The summed E-state index contributed by atoms with van der Waals surface area (Å²) in [6, 6.07) is 12.7. The van der Waals surface area contributed by atoms with Gasteiger partial charge in [-0.05, 0) is 61.4 Å². The van der Waals surface area contributed by atoms with E-state index < -0.39 is 0 Å². The van der Waals surface area contributed by atoms with Crippen LogP contribution in [-0.2, 0) is 4.79 Å². The van der Waals surface area contributed by atoms with E-state index in [1.54, 1.807) is 24.3 Å². The molecule has 1 amide bonds. The number of amides is 1. The Labute approximate surface area is 136 Å². The van der Waals surface area contributed by atoms with Crippen LogP contribution < -0.4 is 10.1 Å². The first-order valence-electron chi connectivity index (χ1n) is 7.62. The van der Waals surface area contributed by atoms with Gasteiger partial charge in [0, 0.05) is 17.7 Å². The molecule has 1 N–H and O–H groups in total. The predicted octanol–water partition coefficient (Wildman–Crippen LogP) is 3.91. The maximum absolute atomic E-state index is 11.9. The van der Waals surface area contributed by atoms with E-state index in [0.717, 1.165) is 16.8 Å². The van der Waals surface area contributed by atoms with Gasteiger partial charge in [-0.15, -0.1) is 0 Å². The monoisotopic (exact) mass is 311 g/mol. The Kier molecular flexibility index (Phi) is 5.52. The smallest absolute Gasteiger partial charge is 0.262 e. The van der Waals surface area contributed by atoms with Gasteiger partial charge in [-0.1, -0.05) is 13.0 Å². The van der Waals surface area contributed by atoms with Gasteiger partial charge in [-0.2, -0.15) is 0 Å². The highest BCUT2D eigenvalue weighted by Crippen LogP contribution is 2.15. The highest BCUT2D eigenvalue weighted by molar-refractivity contribution is 5.96. The van der Waals surface area contributed by atoms with Gasteiger partial charge in [0.2, 0.25) is 0 Å². The highest BCUT2D eigenvalue weighted by Gasteiger charge is 2.06. The van der Waals surface area contributed by atoms with Gasteiger partial charge in [0.1, 0.15) is 5.75 Å². The van der Waals surface area contributed by atoms with Crippen molar-refractivity contribution in [2.45, 2.75) is 27.2 Å². The van der Waals surface area contributed by atoms with Crippen LogP contribution in [0.25, 0.3) is 0 Å². The number of benzene rings is 2. The number of ether oxygens (including phenoxy) is 1. The maximum atomic E-state index is 11.9. The van der Waals surface area contributed by atoms with Gasteiger partial charge in [0.15, 0.2) is 12.4 Å². The molecule has 4 nitrogen and oxygen atoms in total. The molecule has 4 heteroatoms. The molecule has 0 heterocycles. The van der Waals surface area contributed by atoms with Crippen molar-refractivity contribution >= 4 is 17.4 Å². The second-order valence-electron chi connectivity index (χ2n) is 5.51. The molecule has 0 saturated carbocycles. The summed E-state index contributed by atoms with van der Waals surface area (Å²) >= 11 is 0. The van der Waals surface area contributed by atoms with E-state index in [1.807, 2.05) is 39.0 Å². The molecule has 0 fully saturated rings. The third-order valence-electron chi connectivity index (χ3n) is 3.37.